The van der Waals surface area contributed by atoms with Crippen molar-refractivity contribution in [2.45, 2.75) is 24.0 Å². The Morgan fingerprint density at radius 1 is 1.08 bits per heavy atom. The molecule has 0 fully saturated rings. The molecule has 0 atom stereocenters. The SMILES string of the molecule is CN(Cc1ccccc1O)Cc1nnc(SCc2ccncc2)n1C. The molecule has 0 bridgehead atoms. The van der Waals surface area contributed by atoms with Crippen LogP contribution in [-0.2, 0) is 25.9 Å². The molecule has 0 aliphatic carbocycles. The fourth-order valence-corrected chi connectivity index (χ4v) is 3.35. The van der Waals surface area contributed by atoms with E-state index in [1.165, 1.54) is 5.56 Å². The van der Waals surface area contributed by atoms with Crippen LogP contribution in [0.15, 0.2) is 53.9 Å². The number of hydrogen-bond acceptors (Lipinski definition) is 6. The minimum Gasteiger partial charge on any atom is -0.508 e. The van der Waals surface area contributed by atoms with Crippen LogP contribution in [0.5, 0.6) is 5.75 Å². The van der Waals surface area contributed by atoms with E-state index >= 15 is 0 Å². The maximum absolute atomic E-state index is 9.89. The molecule has 3 rings (SSSR count). The van der Waals surface area contributed by atoms with Crippen molar-refractivity contribution in [2.24, 2.45) is 7.05 Å². The molecule has 3 aromatic rings. The van der Waals surface area contributed by atoms with E-state index in [1.54, 1.807) is 30.2 Å². The third-order valence-electron chi connectivity index (χ3n) is 3.89. The molecule has 0 amide bonds. The second-order valence-corrected chi connectivity index (χ2v) is 6.85. The quantitative estimate of drug-likeness (QED) is 0.658. The zero-order valence-corrected chi connectivity index (χ0v) is 15.1. The summed E-state index contributed by atoms with van der Waals surface area (Å²) in [6.07, 6.45) is 3.60. The van der Waals surface area contributed by atoms with Crippen LogP contribution >= 0.6 is 11.8 Å². The van der Waals surface area contributed by atoms with Gasteiger partial charge in [0.15, 0.2) is 5.16 Å². The molecule has 0 aliphatic rings. The van der Waals surface area contributed by atoms with Crippen molar-refractivity contribution in [1.82, 2.24) is 24.6 Å². The smallest absolute Gasteiger partial charge is 0.191 e. The molecule has 1 N–H and O–H groups in total. The molecule has 2 aromatic heterocycles. The van der Waals surface area contributed by atoms with Crippen molar-refractivity contribution in [1.29, 1.82) is 0 Å². The van der Waals surface area contributed by atoms with Crippen molar-refractivity contribution in [3.63, 3.8) is 0 Å². The third-order valence-corrected chi connectivity index (χ3v) is 4.98. The number of benzene rings is 1. The molecule has 130 valence electrons. The largest absolute Gasteiger partial charge is 0.508 e. The van der Waals surface area contributed by atoms with Crippen LogP contribution in [-0.4, -0.2) is 36.8 Å². The van der Waals surface area contributed by atoms with Crippen LogP contribution < -0.4 is 0 Å². The van der Waals surface area contributed by atoms with Gasteiger partial charge in [0.1, 0.15) is 11.6 Å². The number of nitrogens with zero attached hydrogens (tertiary/aromatic N) is 5. The molecular formula is C18H21N5OS. The standard InChI is InChI=1S/C18H21N5OS/c1-22(11-15-5-3-4-6-16(15)24)12-17-20-21-18(23(17)2)25-13-14-7-9-19-10-8-14/h3-10,24H,11-13H2,1-2H3. The minimum atomic E-state index is 0.320. The van der Waals surface area contributed by atoms with Crippen LogP contribution in [0.2, 0.25) is 0 Å². The van der Waals surface area contributed by atoms with Gasteiger partial charge in [0.2, 0.25) is 0 Å². The van der Waals surface area contributed by atoms with Crippen molar-refractivity contribution in [3.05, 3.63) is 65.7 Å². The maximum atomic E-state index is 9.89. The van der Waals surface area contributed by atoms with E-state index in [9.17, 15) is 5.11 Å². The maximum Gasteiger partial charge on any atom is 0.191 e. The van der Waals surface area contributed by atoms with Crippen molar-refractivity contribution < 1.29 is 5.11 Å². The molecule has 2 heterocycles. The topological polar surface area (TPSA) is 67.1 Å². The summed E-state index contributed by atoms with van der Waals surface area (Å²) in [7, 11) is 3.99. The predicted molar refractivity (Wildman–Crippen MR) is 98.1 cm³/mol. The highest BCUT2D eigenvalue weighted by Gasteiger charge is 2.12. The van der Waals surface area contributed by atoms with Gasteiger partial charge >= 0.3 is 0 Å². The van der Waals surface area contributed by atoms with Gasteiger partial charge in [0, 0.05) is 37.3 Å². The lowest BCUT2D eigenvalue weighted by molar-refractivity contribution is 0.300. The van der Waals surface area contributed by atoms with E-state index in [-0.39, 0.29) is 0 Å². The van der Waals surface area contributed by atoms with Crippen molar-refractivity contribution in [3.8, 4) is 5.75 Å². The van der Waals surface area contributed by atoms with E-state index < -0.39 is 0 Å². The Labute approximate surface area is 151 Å². The summed E-state index contributed by atoms with van der Waals surface area (Å²) in [4.78, 5) is 6.14. The Hall–Kier alpha value is -2.38. The Balaban J connectivity index is 1.60. The summed E-state index contributed by atoms with van der Waals surface area (Å²) in [5.74, 6) is 2.05. The molecular weight excluding hydrogens is 334 g/mol. The lowest BCUT2D eigenvalue weighted by Gasteiger charge is -2.16. The van der Waals surface area contributed by atoms with Gasteiger partial charge in [-0.2, -0.15) is 0 Å². The summed E-state index contributed by atoms with van der Waals surface area (Å²) < 4.78 is 2.02. The van der Waals surface area contributed by atoms with Gasteiger partial charge in [-0.25, -0.2) is 0 Å². The number of rotatable bonds is 7. The average molecular weight is 355 g/mol. The lowest BCUT2D eigenvalue weighted by atomic mass is 10.2. The van der Waals surface area contributed by atoms with Crippen LogP contribution in [0.4, 0.5) is 0 Å². The van der Waals surface area contributed by atoms with E-state index in [2.05, 4.69) is 20.1 Å². The number of aromatic nitrogens is 4. The third kappa shape index (κ3) is 4.58. The minimum absolute atomic E-state index is 0.320. The van der Waals surface area contributed by atoms with Gasteiger partial charge in [0.05, 0.1) is 6.54 Å². The zero-order valence-electron chi connectivity index (χ0n) is 14.3. The Morgan fingerprint density at radius 2 is 1.84 bits per heavy atom. The number of hydrogen-bond donors (Lipinski definition) is 1. The number of thioether (sulfide) groups is 1. The first kappa shape index (κ1) is 17.4. The fourth-order valence-electron chi connectivity index (χ4n) is 2.47. The second kappa shape index (κ2) is 8.13. The molecule has 0 aliphatic heterocycles. The second-order valence-electron chi connectivity index (χ2n) is 5.90. The van der Waals surface area contributed by atoms with Crippen LogP contribution in [0.1, 0.15) is 17.0 Å². The lowest BCUT2D eigenvalue weighted by Crippen LogP contribution is -2.19. The van der Waals surface area contributed by atoms with Gasteiger partial charge in [-0.05, 0) is 30.8 Å². The number of phenols is 1. The summed E-state index contributed by atoms with van der Waals surface area (Å²) in [6, 6.07) is 11.4. The van der Waals surface area contributed by atoms with Gasteiger partial charge in [-0.1, -0.05) is 30.0 Å². The van der Waals surface area contributed by atoms with Crippen LogP contribution in [0.25, 0.3) is 0 Å². The molecule has 7 heteroatoms. The van der Waals surface area contributed by atoms with Gasteiger partial charge in [0.25, 0.3) is 0 Å². The van der Waals surface area contributed by atoms with Crippen LogP contribution in [0.3, 0.4) is 0 Å². The first-order valence-electron chi connectivity index (χ1n) is 7.99. The number of para-hydroxylation sites is 1. The molecule has 6 nitrogen and oxygen atoms in total. The predicted octanol–water partition coefficient (Wildman–Crippen LogP) is 2.84. The zero-order chi connectivity index (χ0) is 17.6. The molecule has 0 spiro atoms. The Kier molecular flexibility index (Phi) is 5.67. The summed E-state index contributed by atoms with van der Waals surface area (Å²) in [6.45, 7) is 1.31. The van der Waals surface area contributed by atoms with Crippen LogP contribution in [0, 0.1) is 0 Å². The molecule has 0 radical (unpaired) electrons. The molecule has 0 saturated carbocycles. The van der Waals surface area contributed by atoms with Gasteiger partial charge < -0.3 is 9.67 Å². The number of pyridine rings is 1. The Morgan fingerprint density at radius 3 is 2.60 bits per heavy atom. The van der Waals surface area contributed by atoms with Gasteiger partial charge in [-0.3, -0.25) is 9.88 Å². The highest BCUT2D eigenvalue weighted by Crippen LogP contribution is 2.22. The fraction of sp³-hybridized carbons (Fsp3) is 0.278. The Bertz CT molecular complexity index is 821. The summed E-state index contributed by atoms with van der Waals surface area (Å²) in [5.41, 5.74) is 2.11. The molecule has 25 heavy (non-hydrogen) atoms. The number of phenolic OH excluding ortho intramolecular Hbond substituents is 1. The van der Waals surface area contributed by atoms with Crippen molar-refractivity contribution in [2.75, 3.05) is 7.05 Å². The summed E-state index contributed by atoms with van der Waals surface area (Å²) in [5, 5.41) is 19.4. The first-order valence-corrected chi connectivity index (χ1v) is 8.97. The normalized spacial score (nSPS) is 11.2. The number of aromatic hydroxyl groups is 1. The van der Waals surface area contributed by atoms with Gasteiger partial charge in [-0.15, -0.1) is 10.2 Å². The molecule has 0 unspecified atom stereocenters. The molecule has 1 aromatic carbocycles. The summed E-state index contributed by atoms with van der Waals surface area (Å²) >= 11 is 1.66. The van der Waals surface area contributed by atoms with E-state index in [1.807, 2.05) is 49.0 Å². The first-order chi connectivity index (χ1) is 12.1. The average Bonchev–Trinajstić information content (AvgIpc) is 2.96. The highest BCUT2D eigenvalue weighted by atomic mass is 32.2. The monoisotopic (exact) mass is 355 g/mol. The van der Waals surface area contributed by atoms with E-state index in [0.29, 0.717) is 18.8 Å². The van der Waals surface area contributed by atoms with E-state index in [4.69, 9.17) is 0 Å². The molecule has 0 saturated heterocycles. The van der Waals surface area contributed by atoms with E-state index in [0.717, 1.165) is 22.3 Å². The van der Waals surface area contributed by atoms with Crippen molar-refractivity contribution >= 4 is 11.8 Å². The highest BCUT2D eigenvalue weighted by molar-refractivity contribution is 7.98.